The van der Waals surface area contributed by atoms with Crippen molar-refractivity contribution in [2.75, 3.05) is 0 Å². The second-order valence-corrected chi connectivity index (χ2v) is 9.39. The third-order valence-corrected chi connectivity index (χ3v) is 6.82. The molecule has 0 amide bonds. The van der Waals surface area contributed by atoms with E-state index in [2.05, 4.69) is 0 Å². The molecule has 0 aliphatic heterocycles. The standard InChI is InChI=1S/C21H16O6S2.K/c22-28(23,24)20-16(11-9-14-5-1-3-7-18(14)20)13-17-12-10-15-6-2-4-8-19(15)21(17)29(25,26)27;/h1-12H,13H2,(H,22,23,24)(H,25,26,27);. The average molecular weight is 468 g/mol. The van der Waals surface area contributed by atoms with Gasteiger partial charge in [0, 0.05) is 68.6 Å². The fraction of sp³-hybridized carbons (Fsp3) is 0.0476. The van der Waals surface area contributed by atoms with Crippen LogP contribution >= 0.6 is 0 Å². The van der Waals surface area contributed by atoms with Crippen molar-refractivity contribution in [3.8, 4) is 0 Å². The fourth-order valence-corrected chi connectivity index (χ4v) is 5.54. The van der Waals surface area contributed by atoms with Crippen molar-refractivity contribution in [3.63, 3.8) is 0 Å². The second-order valence-electron chi connectivity index (χ2n) is 6.68. The molecule has 0 aromatic heterocycles. The summed E-state index contributed by atoms with van der Waals surface area (Å²) in [6.45, 7) is 0. The quantitative estimate of drug-likeness (QED) is 0.350. The summed E-state index contributed by atoms with van der Waals surface area (Å²) in [7, 11) is -9.17. The van der Waals surface area contributed by atoms with Crippen LogP contribution in [-0.2, 0) is 26.7 Å². The first-order chi connectivity index (χ1) is 13.7. The van der Waals surface area contributed by atoms with Gasteiger partial charge in [-0.15, -0.1) is 0 Å². The summed E-state index contributed by atoms with van der Waals surface area (Å²) in [5.74, 6) is 0. The van der Waals surface area contributed by atoms with Crippen LogP contribution in [0.2, 0.25) is 0 Å². The average Bonchev–Trinajstić information content (AvgIpc) is 2.65. The molecule has 2 N–H and O–H groups in total. The van der Waals surface area contributed by atoms with Gasteiger partial charge in [-0.2, -0.15) is 16.8 Å². The Labute approximate surface area is 216 Å². The van der Waals surface area contributed by atoms with Gasteiger partial charge in [0.25, 0.3) is 20.2 Å². The predicted octanol–water partition coefficient (Wildman–Crippen LogP) is 3.70. The zero-order chi connectivity index (χ0) is 20.8. The van der Waals surface area contributed by atoms with Crippen LogP contribution in [-0.4, -0.2) is 77.3 Å². The molecular formula is C21H16KO6S2. The molecule has 4 aromatic carbocycles. The van der Waals surface area contributed by atoms with Gasteiger partial charge in [-0.25, -0.2) is 0 Å². The molecular weight excluding hydrogens is 451 g/mol. The molecule has 30 heavy (non-hydrogen) atoms. The summed E-state index contributed by atoms with van der Waals surface area (Å²) in [4.78, 5) is -0.546. The predicted molar refractivity (Wildman–Crippen MR) is 116 cm³/mol. The van der Waals surface area contributed by atoms with Crippen molar-refractivity contribution in [1.29, 1.82) is 0 Å². The Kier molecular flexibility index (Phi) is 6.88. The maximum absolute atomic E-state index is 12.1. The second kappa shape index (κ2) is 8.77. The van der Waals surface area contributed by atoms with E-state index in [1.807, 2.05) is 0 Å². The van der Waals surface area contributed by atoms with Gasteiger partial charge in [0.1, 0.15) is 9.79 Å². The molecule has 4 aromatic rings. The third-order valence-electron chi connectivity index (χ3n) is 4.82. The fourth-order valence-electron chi connectivity index (χ4n) is 3.67. The van der Waals surface area contributed by atoms with Crippen LogP contribution in [0, 0.1) is 0 Å². The number of rotatable bonds is 4. The summed E-state index contributed by atoms with van der Waals surface area (Å²) < 4.78 is 68.3. The maximum atomic E-state index is 12.1. The van der Waals surface area contributed by atoms with Crippen LogP contribution < -0.4 is 0 Å². The van der Waals surface area contributed by atoms with Gasteiger partial charge in [0.2, 0.25) is 0 Å². The molecule has 9 heteroatoms. The van der Waals surface area contributed by atoms with Crippen molar-refractivity contribution in [1.82, 2.24) is 0 Å². The Morgan fingerprint density at radius 3 is 1.30 bits per heavy atom. The number of benzene rings is 4. The molecule has 1 radical (unpaired) electrons. The zero-order valence-electron chi connectivity index (χ0n) is 16.0. The van der Waals surface area contributed by atoms with Crippen molar-refractivity contribution in [2.24, 2.45) is 0 Å². The molecule has 4 rings (SSSR count). The first kappa shape index (κ1) is 23.5. The van der Waals surface area contributed by atoms with Gasteiger partial charge < -0.3 is 0 Å². The van der Waals surface area contributed by atoms with Crippen LogP contribution in [0.3, 0.4) is 0 Å². The number of fused-ring (bicyclic) bond motifs is 2. The van der Waals surface area contributed by atoms with Gasteiger partial charge in [-0.05, 0) is 21.9 Å². The molecule has 0 aliphatic carbocycles. The van der Waals surface area contributed by atoms with Crippen molar-refractivity contribution in [3.05, 3.63) is 83.9 Å². The van der Waals surface area contributed by atoms with Gasteiger partial charge in [0.15, 0.2) is 0 Å². The van der Waals surface area contributed by atoms with Gasteiger partial charge in [-0.1, -0.05) is 72.8 Å². The molecule has 0 bridgehead atoms. The minimum Gasteiger partial charge on any atom is -0.282 e. The Bertz CT molecular complexity index is 1370. The summed E-state index contributed by atoms with van der Waals surface area (Å²) >= 11 is 0. The topological polar surface area (TPSA) is 109 Å². The molecule has 0 heterocycles. The molecule has 0 aliphatic rings. The van der Waals surface area contributed by atoms with Crippen LogP contribution in [0.5, 0.6) is 0 Å². The van der Waals surface area contributed by atoms with E-state index in [4.69, 9.17) is 0 Å². The maximum Gasteiger partial charge on any atom is 0.295 e. The SMILES string of the molecule is O=S(=O)(O)c1c(Cc2ccc3ccccc3c2S(=O)(=O)O)ccc2ccccc12.[K]. The minimum absolute atomic E-state index is 0. The third kappa shape index (κ3) is 4.54. The largest absolute Gasteiger partial charge is 0.295 e. The van der Waals surface area contributed by atoms with E-state index >= 15 is 0 Å². The number of hydrogen-bond donors (Lipinski definition) is 2. The molecule has 0 spiro atoms. The Morgan fingerprint density at radius 1 is 0.567 bits per heavy atom. The molecule has 0 fully saturated rings. The summed E-state index contributed by atoms with van der Waals surface area (Å²) in [6, 6.07) is 19.9. The Hall–Kier alpha value is -1.14. The van der Waals surface area contributed by atoms with Gasteiger partial charge >= 0.3 is 0 Å². The van der Waals surface area contributed by atoms with E-state index in [0.29, 0.717) is 21.5 Å². The van der Waals surface area contributed by atoms with Crippen LogP contribution in [0.25, 0.3) is 21.5 Å². The summed E-state index contributed by atoms with van der Waals surface area (Å²) in [5.41, 5.74) is 0.456. The molecule has 0 atom stereocenters. The van der Waals surface area contributed by atoms with Crippen LogP contribution in [0.15, 0.2) is 82.6 Å². The van der Waals surface area contributed by atoms with E-state index in [0.717, 1.165) is 0 Å². The zero-order valence-corrected chi connectivity index (χ0v) is 20.7. The van der Waals surface area contributed by atoms with E-state index in [1.165, 1.54) is 12.1 Å². The molecule has 0 saturated heterocycles. The minimum atomic E-state index is -4.58. The molecule has 0 saturated carbocycles. The molecule has 149 valence electrons. The Morgan fingerprint density at radius 2 is 0.933 bits per heavy atom. The van der Waals surface area contributed by atoms with Crippen LogP contribution in [0.1, 0.15) is 11.1 Å². The molecule has 0 unspecified atom stereocenters. The molecule has 6 nitrogen and oxygen atoms in total. The van der Waals surface area contributed by atoms with Crippen molar-refractivity contribution < 1.29 is 25.9 Å². The van der Waals surface area contributed by atoms with Crippen molar-refractivity contribution in [2.45, 2.75) is 16.2 Å². The normalized spacial score (nSPS) is 12.1. The van der Waals surface area contributed by atoms with E-state index in [-0.39, 0.29) is 78.7 Å². The summed E-state index contributed by atoms with van der Waals surface area (Å²) in [5, 5.41) is 1.91. The summed E-state index contributed by atoms with van der Waals surface area (Å²) in [6.07, 6.45) is -0.111. The monoisotopic (exact) mass is 467 g/mol. The Balaban J connectivity index is 0.00000256. The van der Waals surface area contributed by atoms with Gasteiger partial charge in [-0.3, -0.25) is 9.11 Å². The van der Waals surface area contributed by atoms with Crippen LogP contribution in [0.4, 0.5) is 0 Å². The number of hydrogen-bond acceptors (Lipinski definition) is 4. The van der Waals surface area contributed by atoms with E-state index < -0.39 is 20.2 Å². The van der Waals surface area contributed by atoms with Gasteiger partial charge in [0.05, 0.1) is 0 Å². The first-order valence-electron chi connectivity index (χ1n) is 8.62. The smallest absolute Gasteiger partial charge is 0.282 e. The van der Waals surface area contributed by atoms with Crippen molar-refractivity contribution >= 4 is 93.2 Å². The van der Waals surface area contributed by atoms with E-state index in [9.17, 15) is 25.9 Å². The van der Waals surface area contributed by atoms with E-state index in [1.54, 1.807) is 60.7 Å². The first-order valence-corrected chi connectivity index (χ1v) is 11.5.